The molecule has 0 spiro atoms. The highest BCUT2D eigenvalue weighted by molar-refractivity contribution is 6.04. The molecule has 1 atom stereocenters. The van der Waals surface area contributed by atoms with Gasteiger partial charge in [-0.1, -0.05) is 36.4 Å². The van der Waals surface area contributed by atoms with Crippen LogP contribution < -0.4 is 5.32 Å². The number of nitrogens with one attached hydrogen (secondary N) is 1. The van der Waals surface area contributed by atoms with Crippen molar-refractivity contribution in [1.29, 1.82) is 0 Å². The Hall–Kier alpha value is -2.42. The summed E-state index contributed by atoms with van der Waals surface area (Å²) in [6.45, 7) is 2.01. The summed E-state index contributed by atoms with van der Waals surface area (Å²) in [6, 6.07) is 18.0. The molecule has 1 aliphatic rings. The molecule has 3 rings (SSSR count). The number of anilines is 1. The number of nitrogens with zero attached hydrogens (tertiary/aromatic N) is 1. The zero-order chi connectivity index (χ0) is 15.6. The quantitative estimate of drug-likeness (QED) is 0.843. The van der Waals surface area contributed by atoms with Crippen molar-refractivity contribution in [3.8, 4) is 0 Å². The molecule has 112 valence electrons. The number of hydrogen-bond acceptors (Lipinski definition) is 1. The van der Waals surface area contributed by atoms with E-state index in [-0.39, 0.29) is 5.91 Å². The van der Waals surface area contributed by atoms with E-state index in [1.165, 1.54) is 11.3 Å². The van der Waals surface area contributed by atoms with Crippen molar-refractivity contribution < 1.29 is 9.37 Å². The Balaban J connectivity index is 1.88. The lowest BCUT2D eigenvalue weighted by Gasteiger charge is -2.20. The summed E-state index contributed by atoms with van der Waals surface area (Å²) in [5.41, 5.74) is 2.78. The van der Waals surface area contributed by atoms with Crippen molar-refractivity contribution in [3.63, 3.8) is 0 Å². The first kappa shape index (κ1) is 14.5. The van der Waals surface area contributed by atoms with Gasteiger partial charge in [-0.05, 0) is 31.9 Å². The molecule has 22 heavy (non-hydrogen) atoms. The predicted molar refractivity (Wildman–Crippen MR) is 89.9 cm³/mol. The summed E-state index contributed by atoms with van der Waals surface area (Å²) >= 11 is 0. The lowest BCUT2D eigenvalue weighted by molar-refractivity contribution is -0.403. The van der Waals surface area contributed by atoms with E-state index in [0.717, 1.165) is 18.5 Å². The molecule has 2 aromatic rings. The summed E-state index contributed by atoms with van der Waals surface area (Å²) in [4.78, 5) is 12.8. The molecule has 1 aliphatic heterocycles. The fourth-order valence-corrected chi connectivity index (χ4v) is 2.99. The van der Waals surface area contributed by atoms with E-state index in [1.807, 2.05) is 56.6 Å². The van der Waals surface area contributed by atoms with E-state index in [4.69, 9.17) is 0 Å². The van der Waals surface area contributed by atoms with Crippen LogP contribution in [0.2, 0.25) is 0 Å². The van der Waals surface area contributed by atoms with Crippen LogP contribution >= 0.6 is 0 Å². The highest BCUT2D eigenvalue weighted by atomic mass is 16.2. The molecule has 0 radical (unpaired) electrons. The number of rotatable bonds is 2. The SMILES string of the molecule is C[N+]1=CC(C)(C(=O)Nc2ccccc2)CCc2ccccc21. The van der Waals surface area contributed by atoms with Crippen LogP contribution in [0.25, 0.3) is 0 Å². The maximum Gasteiger partial charge on any atom is 0.240 e. The maximum atomic E-state index is 12.8. The summed E-state index contributed by atoms with van der Waals surface area (Å²) < 4.78 is 2.08. The van der Waals surface area contributed by atoms with Crippen LogP contribution in [0.4, 0.5) is 11.4 Å². The van der Waals surface area contributed by atoms with E-state index in [0.29, 0.717) is 0 Å². The molecule has 3 heteroatoms. The van der Waals surface area contributed by atoms with Crippen LogP contribution in [0.3, 0.4) is 0 Å². The van der Waals surface area contributed by atoms with Gasteiger partial charge in [0.1, 0.15) is 12.5 Å². The van der Waals surface area contributed by atoms with Crippen LogP contribution in [0.15, 0.2) is 54.6 Å². The third-order valence-electron chi connectivity index (χ3n) is 4.31. The van der Waals surface area contributed by atoms with Crippen LogP contribution in [-0.2, 0) is 11.2 Å². The lowest BCUT2D eigenvalue weighted by atomic mass is 9.85. The summed E-state index contributed by atoms with van der Waals surface area (Å²) in [5.74, 6) is 0.0401. The normalized spacial score (nSPS) is 20.5. The molecule has 0 bridgehead atoms. The van der Waals surface area contributed by atoms with E-state index in [2.05, 4.69) is 28.1 Å². The number of hydrogen-bond donors (Lipinski definition) is 1. The fourth-order valence-electron chi connectivity index (χ4n) is 2.99. The number of benzene rings is 2. The summed E-state index contributed by atoms with van der Waals surface area (Å²) in [6.07, 6.45) is 3.74. The minimum atomic E-state index is -0.524. The zero-order valence-corrected chi connectivity index (χ0v) is 13.0. The first-order chi connectivity index (χ1) is 10.6. The lowest BCUT2D eigenvalue weighted by Crippen LogP contribution is -2.36. The minimum absolute atomic E-state index is 0.0401. The number of amides is 1. The first-order valence-electron chi connectivity index (χ1n) is 7.62. The Morgan fingerprint density at radius 3 is 2.55 bits per heavy atom. The van der Waals surface area contributed by atoms with Gasteiger partial charge in [-0.2, -0.15) is 0 Å². The topological polar surface area (TPSA) is 32.1 Å². The molecule has 1 amide bonds. The molecule has 1 heterocycles. The monoisotopic (exact) mass is 293 g/mol. The molecular formula is C19H21N2O+. The van der Waals surface area contributed by atoms with Gasteiger partial charge in [-0.3, -0.25) is 4.79 Å². The van der Waals surface area contributed by atoms with Crippen molar-refractivity contribution >= 4 is 23.5 Å². The van der Waals surface area contributed by atoms with Gasteiger partial charge in [-0.25, -0.2) is 4.58 Å². The van der Waals surface area contributed by atoms with Gasteiger partial charge in [0.05, 0.1) is 0 Å². The third-order valence-corrected chi connectivity index (χ3v) is 4.31. The second-order valence-electron chi connectivity index (χ2n) is 6.11. The van der Waals surface area contributed by atoms with E-state index in [9.17, 15) is 4.79 Å². The number of carbonyl (C=O) groups is 1. The Labute approximate surface area is 131 Å². The highest BCUT2D eigenvalue weighted by Crippen LogP contribution is 2.31. The van der Waals surface area contributed by atoms with Crippen molar-refractivity contribution in [2.75, 3.05) is 12.4 Å². The number of carbonyl (C=O) groups excluding carboxylic acids is 1. The largest absolute Gasteiger partial charge is 0.325 e. The van der Waals surface area contributed by atoms with Gasteiger partial charge in [0, 0.05) is 17.3 Å². The van der Waals surface area contributed by atoms with Crippen molar-refractivity contribution in [3.05, 3.63) is 60.2 Å². The molecule has 0 aliphatic carbocycles. The van der Waals surface area contributed by atoms with Gasteiger partial charge in [0.2, 0.25) is 11.6 Å². The zero-order valence-electron chi connectivity index (χ0n) is 13.0. The predicted octanol–water partition coefficient (Wildman–Crippen LogP) is 3.62. The Bertz CT molecular complexity index is 721. The van der Waals surface area contributed by atoms with E-state index in [1.54, 1.807) is 0 Å². The Kier molecular flexibility index (Phi) is 3.80. The van der Waals surface area contributed by atoms with E-state index < -0.39 is 5.41 Å². The average Bonchev–Trinajstić information content (AvgIpc) is 2.66. The van der Waals surface area contributed by atoms with Gasteiger partial charge in [-0.15, -0.1) is 0 Å². The average molecular weight is 293 g/mol. The Morgan fingerprint density at radius 2 is 1.77 bits per heavy atom. The van der Waals surface area contributed by atoms with Crippen LogP contribution in [0, 0.1) is 5.41 Å². The molecule has 0 saturated heterocycles. The van der Waals surface area contributed by atoms with Crippen molar-refractivity contribution in [1.82, 2.24) is 0 Å². The highest BCUT2D eigenvalue weighted by Gasteiger charge is 2.38. The molecule has 3 nitrogen and oxygen atoms in total. The molecular weight excluding hydrogens is 272 g/mol. The maximum absolute atomic E-state index is 12.8. The third kappa shape index (κ3) is 2.80. The van der Waals surface area contributed by atoms with Gasteiger partial charge >= 0.3 is 0 Å². The summed E-state index contributed by atoms with van der Waals surface area (Å²) in [5, 5.41) is 3.03. The number of aryl methyl sites for hydroxylation is 1. The molecule has 0 saturated carbocycles. The van der Waals surface area contributed by atoms with Gasteiger partial charge < -0.3 is 5.32 Å². The van der Waals surface area contributed by atoms with Gasteiger partial charge in [0.15, 0.2) is 6.21 Å². The Morgan fingerprint density at radius 1 is 1.09 bits per heavy atom. The van der Waals surface area contributed by atoms with E-state index >= 15 is 0 Å². The van der Waals surface area contributed by atoms with Crippen molar-refractivity contribution in [2.24, 2.45) is 5.41 Å². The van der Waals surface area contributed by atoms with Crippen LogP contribution in [0.1, 0.15) is 18.9 Å². The molecule has 2 aromatic carbocycles. The standard InChI is InChI=1S/C19H20N2O/c1-19(18(22)20-16-9-4-3-5-10-16)13-12-15-8-6-7-11-17(15)21(2)14-19/h3-11,14H,12-13H2,1-2H3/p+1. The fraction of sp³-hybridized carbons (Fsp3) is 0.263. The molecule has 1 N–H and O–H groups in total. The van der Waals surface area contributed by atoms with Gasteiger partial charge in [0.25, 0.3) is 0 Å². The van der Waals surface area contributed by atoms with Crippen molar-refractivity contribution in [2.45, 2.75) is 19.8 Å². The smallest absolute Gasteiger partial charge is 0.240 e. The number of para-hydroxylation sites is 2. The van der Waals surface area contributed by atoms with Crippen LogP contribution in [-0.4, -0.2) is 23.7 Å². The minimum Gasteiger partial charge on any atom is -0.325 e. The molecule has 0 fully saturated rings. The molecule has 0 aromatic heterocycles. The molecule has 1 unspecified atom stereocenters. The second kappa shape index (κ2) is 5.76. The first-order valence-corrected chi connectivity index (χ1v) is 7.62. The second-order valence-corrected chi connectivity index (χ2v) is 6.11. The number of fused-ring (bicyclic) bond motifs is 1. The summed E-state index contributed by atoms with van der Waals surface area (Å²) in [7, 11) is 2.01. The van der Waals surface area contributed by atoms with Crippen LogP contribution in [0.5, 0.6) is 0 Å².